The highest BCUT2D eigenvalue weighted by Crippen LogP contribution is 2.40. The van der Waals surface area contributed by atoms with E-state index in [0.29, 0.717) is 6.01 Å². The first-order chi connectivity index (χ1) is 16.9. The van der Waals surface area contributed by atoms with Gasteiger partial charge in [-0.3, -0.25) is 4.90 Å². The van der Waals surface area contributed by atoms with Crippen molar-refractivity contribution in [2.24, 2.45) is 0 Å². The number of oxazole rings is 1. The lowest BCUT2D eigenvalue weighted by molar-refractivity contribution is 0.608. The van der Waals surface area contributed by atoms with Crippen molar-refractivity contribution in [1.82, 2.24) is 4.98 Å². The van der Waals surface area contributed by atoms with E-state index in [4.69, 9.17) is 9.40 Å². The van der Waals surface area contributed by atoms with Crippen molar-refractivity contribution >= 4 is 60.8 Å². The third-order valence-corrected chi connectivity index (χ3v) is 6.47. The maximum Gasteiger partial charge on any atom is 0.307 e. The van der Waals surface area contributed by atoms with E-state index >= 15 is 0 Å². The molecule has 0 aliphatic rings. The maximum absolute atomic E-state index is 6.22. The highest BCUT2D eigenvalue weighted by molar-refractivity contribution is 6.25. The molecule has 3 heteroatoms. The Morgan fingerprint density at radius 3 is 1.71 bits per heavy atom. The number of rotatable bonds is 3. The predicted octanol–water partition coefficient (Wildman–Crippen LogP) is 8.76. The molecule has 34 heavy (non-hydrogen) atoms. The highest BCUT2D eigenvalue weighted by Gasteiger charge is 2.19. The molecule has 6 aromatic carbocycles. The average Bonchev–Trinajstić information content (AvgIpc) is 3.33. The fourth-order valence-corrected chi connectivity index (χ4v) is 4.94. The molecule has 7 rings (SSSR count). The van der Waals surface area contributed by atoms with Gasteiger partial charge < -0.3 is 4.42 Å². The largest absolute Gasteiger partial charge is 0.423 e. The van der Waals surface area contributed by atoms with Crippen LogP contribution in [0.15, 0.2) is 126 Å². The van der Waals surface area contributed by atoms with Crippen molar-refractivity contribution in [3.8, 4) is 0 Å². The van der Waals surface area contributed by atoms with Crippen LogP contribution in [0.4, 0.5) is 17.4 Å². The Balaban J connectivity index is 1.54. The first-order valence-electron chi connectivity index (χ1n) is 11.4. The minimum Gasteiger partial charge on any atom is -0.423 e. The van der Waals surface area contributed by atoms with Crippen molar-refractivity contribution in [2.45, 2.75) is 0 Å². The number of nitrogens with zero attached hydrogens (tertiary/aromatic N) is 2. The molecule has 0 atom stereocenters. The standard InChI is InChI=1S/C31H20N2O/c1-2-10-21(11-3-1)33(31-32-29-16-8-9-17-30(29)34-31)22-18-19-27-25-14-5-4-12-23(25)24-13-6-7-15-26(24)28(27)20-22/h1-20H. The quantitative estimate of drug-likeness (QED) is 0.259. The Kier molecular flexibility index (Phi) is 4.15. The third-order valence-electron chi connectivity index (χ3n) is 6.47. The Morgan fingerprint density at radius 1 is 0.471 bits per heavy atom. The minimum atomic E-state index is 0.553. The zero-order valence-corrected chi connectivity index (χ0v) is 18.3. The van der Waals surface area contributed by atoms with E-state index in [2.05, 4.69) is 83.8 Å². The van der Waals surface area contributed by atoms with Crippen LogP contribution < -0.4 is 4.90 Å². The van der Waals surface area contributed by atoms with Gasteiger partial charge in [0, 0.05) is 0 Å². The molecule has 0 unspecified atom stereocenters. The smallest absolute Gasteiger partial charge is 0.307 e. The van der Waals surface area contributed by atoms with Crippen molar-refractivity contribution in [3.63, 3.8) is 0 Å². The highest BCUT2D eigenvalue weighted by atomic mass is 16.4. The number of aromatic nitrogens is 1. The molecule has 0 aliphatic heterocycles. The van der Waals surface area contributed by atoms with Crippen LogP contribution in [0, 0.1) is 0 Å². The Hall–Kier alpha value is -4.63. The van der Waals surface area contributed by atoms with Gasteiger partial charge in [0.2, 0.25) is 0 Å². The number of hydrogen-bond acceptors (Lipinski definition) is 3. The SMILES string of the molecule is c1ccc(N(c2ccc3c4ccccc4c4ccccc4c3c2)c2nc3ccccc3o2)cc1. The summed E-state index contributed by atoms with van der Waals surface area (Å²) in [6.45, 7) is 0. The Morgan fingerprint density at radius 2 is 1.03 bits per heavy atom. The van der Waals surface area contributed by atoms with Crippen LogP contribution in [-0.4, -0.2) is 4.98 Å². The summed E-state index contributed by atoms with van der Waals surface area (Å²) in [5.41, 5.74) is 3.62. The molecule has 0 N–H and O–H groups in total. The second kappa shape index (κ2) is 7.46. The van der Waals surface area contributed by atoms with Crippen LogP contribution in [0.1, 0.15) is 0 Å². The van der Waals surface area contributed by atoms with E-state index < -0.39 is 0 Å². The second-order valence-corrected chi connectivity index (χ2v) is 8.46. The fraction of sp³-hybridized carbons (Fsp3) is 0. The lowest BCUT2D eigenvalue weighted by Crippen LogP contribution is -2.10. The molecule has 1 aromatic heterocycles. The van der Waals surface area contributed by atoms with Crippen LogP contribution >= 0.6 is 0 Å². The molecule has 0 aliphatic carbocycles. The van der Waals surface area contributed by atoms with Gasteiger partial charge in [0.15, 0.2) is 5.58 Å². The number of para-hydroxylation sites is 3. The molecule has 0 spiro atoms. The van der Waals surface area contributed by atoms with Crippen LogP contribution in [0.3, 0.4) is 0 Å². The summed E-state index contributed by atoms with van der Waals surface area (Å²) in [6, 6.07) is 42.6. The Bertz CT molecular complexity index is 1750. The van der Waals surface area contributed by atoms with E-state index in [0.717, 1.165) is 22.5 Å². The number of fused-ring (bicyclic) bond motifs is 7. The van der Waals surface area contributed by atoms with Gasteiger partial charge >= 0.3 is 6.01 Å². The fourth-order valence-electron chi connectivity index (χ4n) is 4.94. The van der Waals surface area contributed by atoms with Crippen molar-refractivity contribution < 1.29 is 4.42 Å². The molecule has 0 radical (unpaired) electrons. The molecule has 0 amide bonds. The number of hydrogen-bond donors (Lipinski definition) is 0. The molecule has 0 fully saturated rings. The maximum atomic E-state index is 6.22. The van der Waals surface area contributed by atoms with Crippen LogP contribution in [-0.2, 0) is 0 Å². The zero-order chi connectivity index (χ0) is 22.5. The third kappa shape index (κ3) is 2.87. The van der Waals surface area contributed by atoms with Gasteiger partial charge in [0.1, 0.15) is 5.52 Å². The molecule has 0 bridgehead atoms. The summed E-state index contributed by atoms with van der Waals surface area (Å²) >= 11 is 0. The van der Waals surface area contributed by atoms with E-state index in [1.807, 2.05) is 42.5 Å². The second-order valence-electron chi connectivity index (χ2n) is 8.46. The van der Waals surface area contributed by atoms with E-state index in [1.165, 1.54) is 32.3 Å². The summed E-state index contributed by atoms with van der Waals surface area (Å²) in [7, 11) is 0. The summed E-state index contributed by atoms with van der Waals surface area (Å²) in [5.74, 6) is 0. The van der Waals surface area contributed by atoms with Gasteiger partial charge in [0.05, 0.1) is 11.4 Å². The predicted molar refractivity (Wildman–Crippen MR) is 141 cm³/mol. The zero-order valence-electron chi connectivity index (χ0n) is 18.3. The molecule has 160 valence electrons. The van der Waals surface area contributed by atoms with Gasteiger partial charge in [-0.2, -0.15) is 4.98 Å². The van der Waals surface area contributed by atoms with Gasteiger partial charge in [-0.05, 0) is 68.7 Å². The lowest BCUT2D eigenvalue weighted by Gasteiger charge is -2.22. The molecule has 7 aromatic rings. The first-order valence-corrected chi connectivity index (χ1v) is 11.4. The van der Waals surface area contributed by atoms with Crippen LogP contribution in [0.2, 0.25) is 0 Å². The van der Waals surface area contributed by atoms with E-state index in [-0.39, 0.29) is 0 Å². The minimum absolute atomic E-state index is 0.553. The van der Waals surface area contributed by atoms with E-state index in [1.54, 1.807) is 0 Å². The molecule has 3 nitrogen and oxygen atoms in total. The van der Waals surface area contributed by atoms with Gasteiger partial charge in [-0.15, -0.1) is 0 Å². The summed E-state index contributed by atoms with van der Waals surface area (Å²) < 4.78 is 6.22. The van der Waals surface area contributed by atoms with Crippen molar-refractivity contribution in [1.29, 1.82) is 0 Å². The van der Waals surface area contributed by atoms with Gasteiger partial charge in [0.25, 0.3) is 0 Å². The lowest BCUT2D eigenvalue weighted by atomic mass is 9.94. The summed E-state index contributed by atoms with van der Waals surface area (Å²) in [5, 5.41) is 7.49. The van der Waals surface area contributed by atoms with Crippen molar-refractivity contribution in [3.05, 3.63) is 121 Å². The van der Waals surface area contributed by atoms with E-state index in [9.17, 15) is 0 Å². The number of benzene rings is 6. The Labute approximate surface area is 196 Å². The van der Waals surface area contributed by atoms with Gasteiger partial charge in [-0.1, -0.05) is 84.9 Å². The molecule has 0 saturated heterocycles. The van der Waals surface area contributed by atoms with Crippen LogP contribution in [0.5, 0.6) is 0 Å². The topological polar surface area (TPSA) is 29.3 Å². The normalized spacial score (nSPS) is 11.5. The van der Waals surface area contributed by atoms with Gasteiger partial charge in [-0.25, -0.2) is 0 Å². The molecular weight excluding hydrogens is 416 g/mol. The molecule has 1 heterocycles. The summed E-state index contributed by atoms with van der Waals surface area (Å²) in [6.07, 6.45) is 0. The summed E-state index contributed by atoms with van der Waals surface area (Å²) in [4.78, 5) is 6.90. The number of anilines is 3. The van der Waals surface area contributed by atoms with Crippen molar-refractivity contribution in [2.75, 3.05) is 4.90 Å². The average molecular weight is 437 g/mol. The molecule has 0 saturated carbocycles. The van der Waals surface area contributed by atoms with Crippen LogP contribution in [0.25, 0.3) is 43.4 Å². The monoisotopic (exact) mass is 436 g/mol. The first kappa shape index (κ1) is 18.9. The molecular formula is C31H20N2O.